The molecule has 0 saturated heterocycles. The summed E-state index contributed by atoms with van der Waals surface area (Å²) in [5.74, 6) is 2.98. The zero-order chi connectivity index (χ0) is 27.0. The molecule has 0 aliphatic heterocycles. The fourth-order valence-corrected chi connectivity index (χ4v) is 4.74. The minimum Gasteiger partial charge on any atom is -0.494 e. The Morgan fingerprint density at radius 1 is 0.846 bits per heavy atom. The van der Waals surface area contributed by atoms with Crippen LogP contribution in [0.1, 0.15) is 12.5 Å². The molecule has 0 atom stereocenters. The molecule has 0 aliphatic carbocycles. The second-order valence-corrected chi connectivity index (χ2v) is 9.66. The lowest BCUT2D eigenvalue weighted by atomic mass is 10.1. The molecule has 0 saturated carbocycles. The van der Waals surface area contributed by atoms with E-state index < -0.39 is 0 Å². The van der Waals surface area contributed by atoms with E-state index in [0.717, 1.165) is 28.3 Å². The first-order valence-electron chi connectivity index (χ1n) is 12.6. The van der Waals surface area contributed by atoms with E-state index in [1.807, 2.05) is 115 Å². The lowest BCUT2D eigenvalue weighted by Gasteiger charge is -2.12. The Morgan fingerprint density at radius 2 is 1.56 bits per heavy atom. The molecular weight excluding hydrogens is 508 g/mol. The SMILES string of the molecule is CCOc1ccc(-n2c(SCC(=O)Nc3ccc(Oc4ccccc4)cc3)nnc2-c2cccc(C)c2)cc1. The fraction of sp³-hybridized carbons (Fsp3) is 0.129. The number of aromatic nitrogens is 3. The first-order valence-corrected chi connectivity index (χ1v) is 13.6. The number of anilines is 1. The molecule has 1 amide bonds. The Morgan fingerprint density at radius 3 is 2.28 bits per heavy atom. The number of rotatable bonds is 10. The number of carbonyl (C=O) groups excluding carboxylic acids is 1. The molecule has 0 unspecified atom stereocenters. The van der Waals surface area contributed by atoms with E-state index in [0.29, 0.717) is 29.0 Å². The fourth-order valence-electron chi connectivity index (χ4n) is 3.98. The van der Waals surface area contributed by atoms with Gasteiger partial charge in [0.15, 0.2) is 11.0 Å². The van der Waals surface area contributed by atoms with Crippen LogP contribution in [-0.4, -0.2) is 33.0 Å². The highest BCUT2D eigenvalue weighted by Crippen LogP contribution is 2.30. The minimum absolute atomic E-state index is 0.143. The lowest BCUT2D eigenvalue weighted by Crippen LogP contribution is -2.14. The number of hydrogen-bond acceptors (Lipinski definition) is 6. The van der Waals surface area contributed by atoms with Gasteiger partial charge in [-0.15, -0.1) is 10.2 Å². The van der Waals surface area contributed by atoms with Crippen LogP contribution < -0.4 is 14.8 Å². The van der Waals surface area contributed by atoms with Gasteiger partial charge in [0.25, 0.3) is 0 Å². The van der Waals surface area contributed by atoms with Crippen LogP contribution in [0.2, 0.25) is 0 Å². The van der Waals surface area contributed by atoms with Crippen LogP contribution in [0.3, 0.4) is 0 Å². The van der Waals surface area contributed by atoms with Crippen LogP contribution in [0.5, 0.6) is 17.2 Å². The number of amides is 1. The quantitative estimate of drug-likeness (QED) is 0.191. The van der Waals surface area contributed by atoms with E-state index in [1.165, 1.54) is 11.8 Å². The van der Waals surface area contributed by atoms with E-state index in [4.69, 9.17) is 9.47 Å². The Kier molecular flexibility index (Phi) is 8.23. The van der Waals surface area contributed by atoms with Crippen molar-refractivity contribution < 1.29 is 14.3 Å². The Balaban J connectivity index is 1.30. The van der Waals surface area contributed by atoms with E-state index in [-0.39, 0.29) is 11.7 Å². The van der Waals surface area contributed by atoms with E-state index >= 15 is 0 Å². The molecule has 39 heavy (non-hydrogen) atoms. The molecule has 1 heterocycles. The van der Waals surface area contributed by atoms with Crippen LogP contribution in [0.4, 0.5) is 5.69 Å². The zero-order valence-electron chi connectivity index (χ0n) is 21.7. The third kappa shape index (κ3) is 6.66. The summed E-state index contributed by atoms with van der Waals surface area (Å²) in [6.45, 7) is 4.59. The summed E-state index contributed by atoms with van der Waals surface area (Å²) in [5, 5.41) is 12.5. The van der Waals surface area contributed by atoms with Gasteiger partial charge in [-0.25, -0.2) is 0 Å². The number of aryl methyl sites for hydroxylation is 1. The molecule has 0 bridgehead atoms. The molecule has 5 rings (SSSR count). The van der Waals surface area contributed by atoms with Crippen LogP contribution >= 0.6 is 11.8 Å². The van der Waals surface area contributed by atoms with Crippen molar-refractivity contribution in [3.05, 3.63) is 109 Å². The molecule has 0 fully saturated rings. The third-order valence-corrected chi connectivity index (χ3v) is 6.69. The number of hydrogen-bond donors (Lipinski definition) is 1. The normalized spacial score (nSPS) is 10.7. The van der Waals surface area contributed by atoms with Gasteiger partial charge >= 0.3 is 0 Å². The summed E-state index contributed by atoms with van der Waals surface area (Å²) < 4.78 is 13.4. The Labute approximate surface area is 231 Å². The summed E-state index contributed by atoms with van der Waals surface area (Å²) >= 11 is 1.33. The summed E-state index contributed by atoms with van der Waals surface area (Å²) in [6, 6.07) is 32.8. The summed E-state index contributed by atoms with van der Waals surface area (Å²) in [6.07, 6.45) is 0. The van der Waals surface area contributed by atoms with Gasteiger partial charge in [-0.3, -0.25) is 9.36 Å². The van der Waals surface area contributed by atoms with Crippen LogP contribution in [0.15, 0.2) is 108 Å². The van der Waals surface area contributed by atoms with Gasteiger partial charge in [0, 0.05) is 16.9 Å². The number of ether oxygens (including phenoxy) is 2. The van der Waals surface area contributed by atoms with Gasteiger partial charge in [0.2, 0.25) is 5.91 Å². The first-order chi connectivity index (χ1) is 19.1. The summed E-state index contributed by atoms with van der Waals surface area (Å²) in [4.78, 5) is 12.8. The molecule has 4 aromatic carbocycles. The summed E-state index contributed by atoms with van der Waals surface area (Å²) in [5.41, 5.74) is 3.65. The maximum Gasteiger partial charge on any atom is 0.234 e. The Hall–Kier alpha value is -4.56. The van der Waals surface area contributed by atoms with Crippen LogP contribution in [0.25, 0.3) is 17.1 Å². The van der Waals surface area contributed by atoms with Crippen molar-refractivity contribution in [2.24, 2.45) is 0 Å². The lowest BCUT2D eigenvalue weighted by molar-refractivity contribution is -0.113. The number of carbonyl (C=O) groups is 1. The largest absolute Gasteiger partial charge is 0.494 e. The van der Waals surface area contributed by atoms with Crippen LogP contribution in [0, 0.1) is 6.92 Å². The topological polar surface area (TPSA) is 78.3 Å². The molecule has 1 N–H and O–H groups in total. The summed E-state index contributed by atoms with van der Waals surface area (Å²) in [7, 11) is 0. The standard InChI is InChI=1S/C31H28N4O3S/c1-3-37-26-18-14-25(15-19-26)35-30(23-9-7-8-22(2)20-23)33-34-31(35)39-21-29(36)32-24-12-16-28(17-13-24)38-27-10-5-4-6-11-27/h4-20H,3,21H2,1-2H3,(H,32,36). The van der Waals surface area contributed by atoms with Gasteiger partial charge in [0.1, 0.15) is 17.2 Å². The maximum absolute atomic E-state index is 12.8. The monoisotopic (exact) mass is 536 g/mol. The average molecular weight is 537 g/mol. The maximum atomic E-state index is 12.8. The van der Waals surface area contributed by atoms with Gasteiger partial charge in [0.05, 0.1) is 12.4 Å². The number of benzene rings is 4. The zero-order valence-corrected chi connectivity index (χ0v) is 22.5. The molecule has 0 spiro atoms. The van der Waals surface area contributed by atoms with Gasteiger partial charge in [-0.05, 0) is 80.6 Å². The number of nitrogens with one attached hydrogen (secondary N) is 1. The second kappa shape index (κ2) is 12.3. The van der Waals surface area contributed by atoms with Crippen molar-refractivity contribution in [2.45, 2.75) is 19.0 Å². The highest BCUT2D eigenvalue weighted by molar-refractivity contribution is 7.99. The van der Waals surface area contributed by atoms with Crippen molar-refractivity contribution >= 4 is 23.4 Å². The molecule has 5 aromatic rings. The number of para-hydroxylation sites is 1. The molecule has 0 radical (unpaired) electrons. The van der Waals surface area contributed by atoms with E-state index in [9.17, 15) is 4.79 Å². The highest BCUT2D eigenvalue weighted by atomic mass is 32.2. The molecular formula is C31H28N4O3S. The molecule has 196 valence electrons. The van der Waals surface area contributed by atoms with Gasteiger partial charge < -0.3 is 14.8 Å². The molecule has 0 aliphatic rings. The number of nitrogens with zero attached hydrogens (tertiary/aromatic N) is 3. The smallest absolute Gasteiger partial charge is 0.234 e. The average Bonchev–Trinajstić information content (AvgIpc) is 3.38. The van der Waals surface area contributed by atoms with Crippen molar-refractivity contribution in [3.8, 4) is 34.3 Å². The van der Waals surface area contributed by atoms with Gasteiger partial charge in [-0.1, -0.05) is 53.7 Å². The van der Waals surface area contributed by atoms with Gasteiger partial charge in [-0.2, -0.15) is 0 Å². The first kappa shape index (κ1) is 26.1. The third-order valence-electron chi connectivity index (χ3n) is 5.76. The Bertz CT molecular complexity index is 1530. The van der Waals surface area contributed by atoms with Crippen molar-refractivity contribution in [3.63, 3.8) is 0 Å². The second-order valence-electron chi connectivity index (χ2n) is 8.71. The highest BCUT2D eigenvalue weighted by Gasteiger charge is 2.18. The van der Waals surface area contributed by atoms with Crippen molar-refractivity contribution in [2.75, 3.05) is 17.7 Å². The van der Waals surface area contributed by atoms with E-state index in [1.54, 1.807) is 0 Å². The van der Waals surface area contributed by atoms with E-state index in [2.05, 4.69) is 21.6 Å². The predicted octanol–water partition coefficient (Wildman–Crippen LogP) is 7.16. The van der Waals surface area contributed by atoms with Crippen molar-refractivity contribution in [1.82, 2.24) is 14.8 Å². The molecule has 7 nitrogen and oxygen atoms in total. The number of thioether (sulfide) groups is 1. The molecule has 8 heteroatoms. The minimum atomic E-state index is -0.143. The predicted molar refractivity (Wildman–Crippen MR) is 155 cm³/mol. The molecule has 1 aromatic heterocycles. The van der Waals surface area contributed by atoms with Crippen LogP contribution in [-0.2, 0) is 4.79 Å². The van der Waals surface area contributed by atoms with Crippen molar-refractivity contribution in [1.29, 1.82) is 0 Å².